The Morgan fingerprint density at radius 2 is 0.506 bits per heavy atom. The smallest absolute Gasteiger partial charge is 0.306 e. The van der Waals surface area contributed by atoms with Crippen molar-refractivity contribution in [3.8, 4) is 0 Å². The van der Waals surface area contributed by atoms with Crippen LogP contribution in [-0.2, 0) is 28.6 Å². The molecule has 0 N–H and O–H groups in total. The quantitative estimate of drug-likeness (QED) is 0.0261. The van der Waals surface area contributed by atoms with Gasteiger partial charge in [-0.05, 0) is 128 Å². The summed E-state index contributed by atoms with van der Waals surface area (Å²) in [5, 5.41) is 0. The molecule has 0 aliphatic carbocycles. The van der Waals surface area contributed by atoms with Crippen LogP contribution < -0.4 is 0 Å². The van der Waals surface area contributed by atoms with Crippen molar-refractivity contribution in [1.82, 2.24) is 0 Å². The van der Waals surface area contributed by atoms with Crippen molar-refractivity contribution >= 4 is 17.9 Å². The van der Waals surface area contributed by atoms with E-state index in [9.17, 15) is 14.4 Å². The Labute approximate surface area is 476 Å². The van der Waals surface area contributed by atoms with Gasteiger partial charge in [0.05, 0.1) is 0 Å². The van der Waals surface area contributed by atoms with Crippen LogP contribution in [0.3, 0.4) is 0 Å². The minimum atomic E-state index is -0.789. The van der Waals surface area contributed by atoms with Crippen LogP contribution in [0.5, 0.6) is 0 Å². The van der Waals surface area contributed by atoms with E-state index in [1.807, 2.05) is 0 Å². The van der Waals surface area contributed by atoms with Crippen molar-refractivity contribution in [2.24, 2.45) is 0 Å². The number of ether oxygens (including phenoxy) is 3. The molecule has 0 aromatic rings. The summed E-state index contributed by atoms with van der Waals surface area (Å²) < 4.78 is 16.9. The first-order chi connectivity index (χ1) is 38.0. The zero-order valence-corrected chi connectivity index (χ0v) is 50.4. The van der Waals surface area contributed by atoms with Crippen LogP contribution in [-0.4, -0.2) is 37.2 Å². The maximum Gasteiger partial charge on any atom is 0.306 e. The van der Waals surface area contributed by atoms with Crippen LogP contribution in [0.1, 0.15) is 303 Å². The van der Waals surface area contributed by atoms with Gasteiger partial charge < -0.3 is 14.2 Å². The summed E-state index contributed by atoms with van der Waals surface area (Å²) in [6.45, 7) is 6.49. The van der Waals surface area contributed by atoms with Crippen LogP contribution in [0, 0.1) is 0 Å². The average Bonchev–Trinajstić information content (AvgIpc) is 3.43. The number of unbranched alkanes of at least 4 members (excludes halogenated alkanes) is 29. The molecule has 0 heterocycles. The molecule has 0 aliphatic rings. The third-order valence-corrected chi connectivity index (χ3v) is 13.7. The first kappa shape index (κ1) is 73.1. The molecule has 0 saturated carbocycles. The predicted octanol–water partition coefficient (Wildman–Crippen LogP) is 22.2. The summed E-state index contributed by atoms with van der Waals surface area (Å²) in [4.78, 5) is 38.3. The second kappa shape index (κ2) is 64.6. The molecule has 1 unspecified atom stereocenters. The Kier molecular flexibility index (Phi) is 61.3. The first-order valence-electron chi connectivity index (χ1n) is 32.4. The molecule has 0 aromatic heterocycles. The third-order valence-electron chi connectivity index (χ3n) is 13.7. The van der Waals surface area contributed by atoms with Gasteiger partial charge in [-0.1, -0.05) is 265 Å². The second-order valence-corrected chi connectivity index (χ2v) is 21.3. The van der Waals surface area contributed by atoms with Crippen molar-refractivity contribution in [3.05, 3.63) is 109 Å². The van der Waals surface area contributed by atoms with E-state index in [4.69, 9.17) is 14.2 Å². The summed E-state index contributed by atoms with van der Waals surface area (Å²) in [5.41, 5.74) is 0. The molecule has 0 spiro atoms. The highest BCUT2D eigenvalue weighted by molar-refractivity contribution is 5.71. The molecule has 0 rings (SSSR count). The van der Waals surface area contributed by atoms with Crippen LogP contribution in [0.2, 0.25) is 0 Å². The standard InChI is InChI=1S/C71H120O6/c1-4-7-10-13-16-19-22-25-27-29-30-31-32-33-34-35-36-37-38-39-40-42-43-46-49-52-55-58-61-64-70(73)76-67-68(66-75-69(72)63-60-57-54-51-48-45-24-21-18-15-12-9-6-3)77-71(74)65-62-59-56-53-50-47-44-41-28-26-23-20-17-14-11-8-5-2/h7,10,16-17,19-21,24-28,30-31,33-34,36-37,68H,4-6,8-9,11-15,18,22-23,29,32,35,38-67H2,1-3H3/b10-7-,19-16-,20-17-,24-21-,27-25-,28-26-,31-30-,34-33-,37-36-. The van der Waals surface area contributed by atoms with E-state index in [0.29, 0.717) is 19.3 Å². The van der Waals surface area contributed by atoms with Gasteiger partial charge in [-0.3, -0.25) is 14.4 Å². The zero-order valence-electron chi connectivity index (χ0n) is 50.4. The number of carbonyl (C=O) groups is 3. The molecule has 6 nitrogen and oxygen atoms in total. The normalized spacial score (nSPS) is 12.8. The van der Waals surface area contributed by atoms with Crippen molar-refractivity contribution in [2.45, 2.75) is 309 Å². The van der Waals surface area contributed by atoms with E-state index in [1.54, 1.807) is 0 Å². The van der Waals surface area contributed by atoms with Crippen molar-refractivity contribution in [1.29, 1.82) is 0 Å². The number of hydrogen-bond donors (Lipinski definition) is 0. The van der Waals surface area contributed by atoms with Gasteiger partial charge in [0.15, 0.2) is 6.10 Å². The van der Waals surface area contributed by atoms with E-state index < -0.39 is 6.10 Å². The van der Waals surface area contributed by atoms with Gasteiger partial charge in [0.25, 0.3) is 0 Å². The lowest BCUT2D eigenvalue weighted by molar-refractivity contribution is -0.167. The molecular weight excluding hydrogens is 949 g/mol. The highest BCUT2D eigenvalue weighted by Crippen LogP contribution is 2.16. The molecule has 0 aliphatic heterocycles. The lowest BCUT2D eigenvalue weighted by Gasteiger charge is -2.18. The summed E-state index contributed by atoms with van der Waals surface area (Å²) in [6, 6.07) is 0. The molecule has 440 valence electrons. The molecule has 6 heteroatoms. The number of hydrogen-bond acceptors (Lipinski definition) is 6. The topological polar surface area (TPSA) is 78.9 Å². The minimum Gasteiger partial charge on any atom is -0.462 e. The molecule has 0 bridgehead atoms. The molecular formula is C71H120O6. The maximum absolute atomic E-state index is 12.9. The van der Waals surface area contributed by atoms with E-state index in [0.717, 1.165) is 116 Å². The average molecular weight is 1070 g/mol. The van der Waals surface area contributed by atoms with Crippen molar-refractivity contribution in [3.63, 3.8) is 0 Å². The van der Waals surface area contributed by atoms with E-state index >= 15 is 0 Å². The third kappa shape index (κ3) is 62.8. The Hall–Kier alpha value is -3.93. The predicted molar refractivity (Wildman–Crippen MR) is 334 cm³/mol. The molecule has 0 saturated heterocycles. The summed E-state index contributed by atoms with van der Waals surface area (Å²) in [6.07, 6.45) is 88.0. The van der Waals surface area contributed by atoms with Crippen LogP contribution >= 0.6 is 0 Å². The first-order valence-corrected chi connectivity index (χ1v) is 32.4. The van der Waals surface area contributed by atoms with Crippen molar-refractivity contribution in [2.75, 3.05) is 13.2 Å². The van der Waals surface area contributed by atoms with Gasteiger partial charge in [-0.15, -0.1) is 0 Å². The summed E-state index contributed by atoms with van der Waals surface area (Å²) >= 11 is 0. The molecule has 1 atom stereocenters. The monoisotopic (exact) mass is 1070 g/mol. The van der Waals surface area contributed by atoms with Crippen molar-refractivity contribution < 1.29 is 28.6 Å². The van der Waals surface area contributed by atoms with Gasteiger partial charge in [-0.25, -0.2) is 0 Å². The summed E-state index contributed by atoms with van der Waals surface area (Å²) in [5.74, 6) is -0.899. The van der Waals surface area contributed by atoms with Crippen LogP contribution in [0.4, 0.5) is 0 Å². The SMILES string of the molecule is CC/C=C\C/C=C\C/C=C\C/C=C\C/C=C\C/C=C\CCCCCCCCCCCCC(=O)OCC(COC(=O)CCCCCCC/C=C\CCCCCC)OC(=O)CCCCCCCCC/C=C\C/C=C\CCCCC. The number of esters is 3. The fourth-order valence-electron chi connectivity index (χ4n) is 8.88. The highest BCUT2D eigenvalue weighted by atomic mass is 16.6. The van der Waals surface area contributed by atoms with Gasteiger partial charge >= 0.3 is 17.9 Å². The zero-order chi connectivity index (χ0) is 55.7. The van der Waals surface area contributed by atoms with Crippen LogP contribution in [0.25, 0.3) is 0 Å². The Morgan fingerprint density at radius 3 is 0.831 bits per heavy atom. The fraction of sp³-hybridized carbons (Fsp3) is 0.704. The van der Waals surface area contributed by atoms with E-state index in [2.05, 4.69) is 130 Å². The van der Waals surface area contributed by atoms with Crippen LogP contribution in [0.15, 0.2) is 109 Å². The lowest BCUT2D eigenvalue weighted by Crippen LogP contribution is -2.30. The van der Waals surface area contributed by atoms with Gasteiger partial charge in [0.1, 0.15) is 13.2 Å². The van der Waals surface area contributed by atoms with E-state index in [-0.39, 0.29) is 31.1 Å². The fourth-order valence-corrected chi connectivity index (χ4v) is 8.88. The van der Waals surface area contributed by atoms with Gasteiger partial charge in [0, 0.05) is 19.3 Å². The molecule has 0 aromatic carbocycles. The molecule has 0 amide bonds. The molecule has 0 radical (unpaired) electrons. The summed E-state index contributed by atoms with van der Waals surface area (Å²) in [7, 11) is 0. The maximum atomic E-state index is 12.9. The lowest BCUT2D eigenvalue weighted by atomic mass is 10.1. The Balaban J connectivity index is 4.30. The van der Waals surface area contributed by atoms with Gasteiger partial charge in [-0.2, -0.15) is 0 Å². The molecule has 0 fully saturated rings. The number of rotatable bonds is 58. The number of carbonyl (C=O) groups excluding carboxylic acids is 3. The Bertz CT molecular complexity index is 1560. The van der Waals surface area contributed by atoms with Gasteiger partial charge in [0.2, 0.25) is 0 Å². The second-order valence-electron chi connectivity index (χ2n) is 21.3. The minimum absolute atomic E-state index is 0.0859. The number of allylic oxidation sites excluding steroid dienone is 18. The molecule has 77 heavy (non-hydrogen) atoms. The Morgan fingerprint density at radius 1 is 0.273 bits per heavy atom. The largest absolute Gasteiger partial charge is 0.462 e. The van der Waals surface area contributed by atoms with E-state index in [1.165, 1.54) is 148 Å². The highest BCUT2D eigenvalue weighted by Gasteiger charge is 2.19.